The van der Waals surface area contributed by atoms with Crippen LogP contribution >= 0.6 is 0 Å². The second-order valence-electron chi connectivity index (χ2n) is 5.50. The highest BCUT2D eigenvalue weighted by molar-refractivity contribution is 5.78. The molecule has 0 aliphatic heterocycles. The summed E-state index contributed by atoms with van der Waals surface area (Å²) in [4.78, 5) is 4.70. The maximum atomic E-state index is 9.29. The minimum atomic E-state index is 0.121. The molecule has 2 aromatic carbocycles. The molecule has 0 aliphatic rings. The molecule has 0 saturated heterocycles. The van der Waals surface area contributed by atoms with Crippen molar-refractivity contribution in [3.05, 3.63) is 65.0 Å². The van der Waals surface area contributed by atoms with Gasteiger partial charge in [0.15, 0.2) is 0 Å². The molecule has 108 valence electrons. The summed E-state index contributed by atoms with van der Waals surface area (Å²) in [6.45, 7) is 5.14. The van der Waals surface area contributed by atoms with Gasteiger partial charge in [-0.25, -0.2) is 4.98 Å². The molecule has 0 amide bonds. The molecular formula is C18H20N2O. The third-order valence-corrected chi connectivity index (χ3v) is 3.96. The Hall–Kier alpha value is -2.13. The first-order valence-electron chi connectivity index (χ1n) is 7.30. The van der Waals surface area contributed by atoms with Gasteiger partial charge < -0.3 is 9.67 Å². The van der Waals surface area contributed by atoms with Crippen molar-refractivity contribution in [2.45, 2.75) is 26.8 Å². The first kappa shape index (κ1) is 13.8. The predicted octanol–water partition coefficient (Wildman–Crippen LogP) is 3.24. The van der Waals surface area contributed by atoms with Crippen molar-refractivity contribution in [1.82, 2.24) is 9.55 Å². The van der Waals surface area contributed by atoms with Crippen LogP contribution in [0.1, 0.15) is 22.5 Å². The summed E-state index contributed by atoms with van der Waals surface area (Å²) in [7, 11) is 0. The van der Waals surface area contributed by atoms with Gasteiger partial charge in [-0.1, -0.05) is 30.3 Å². The summed E-state index contributed by atoms with van der Waals surface area (Å²) in [6.07, 6.45) is 0.583. The van der Waals surface area contributed by atoms with Crippen molar-refractivity contribution in [3.63, 3.8) is 0 Å². The maximum Gasteiger partial charge on any atom is 0.112 e. The van der Waals surface area contributed by atoms with E-state index in [1.807, 2.05) is 6.07 Å². The van der Waals surface area contributed by atoms with E-state index in [2.05, 4.69) is 54.8 Å². The van der Waals surface area contributed by atoms with E-state index in [1.165, 1.54) is 16.7 Å². The van der Waals surface area contributed by atoms with Crippen molar-refractivity contribution in [2.75, 3.05) is 6.61 Å². The van der Waals surface area contributed by atoms with Crippen LogP contribution in [0.15, 0.2) is 42.5 Å². The lowest BCUT2D eigenvalue weighted by molar-refractivity contribution is 0.295. The lowest BCUT2D eigenvalue weighted by Crippen LogP contribution is -2.07. The molecule has 3 heteroatoms. The Morgan fingerprint density at radius 1 is 1.05 bits per heavy atom. The second kappa shape index (κ2) is 5.70. The standard InChI is InChI=1S/C18H20N2O/c1-13-10-16-17(11-14(13)2)20(18(19-16)8-9-21)12-15-6-4-3-5-7-15/h3-7,10-11,21H,8-9,12H2,1-2H3. The molecule has 3 rings (SSSR count). The van der Waals surface area contributed by atoms with Crippen LogP contribution in [-0.2, 0) is 13.0 Å². The molecule has 0 spiro atoms. The zero-order valence-corrected chi connectivity index (χ0v) is 12.5. The van der Waals surface area contributed by atoms with Crippen LogP contribution < -0.4 is 0 Å². The van der Waals surface area contributed by atoms with Gasteiger partial charge in [0.05, 0.1) is 17.6 Å². The minimum absolute atomic E-state index is 0.121. The Balaban J connectivity index is 2.13. The van der Waals surface area contributed by atoms with Gasteiger partial charge in [0.2, 0.25) is 0 Å². The van der Waals surface area contributed by atoms with E-state index in [0.717, 1.165) is 23.4 Å². The van der Waals surface area contributed by atoms with Crippen molar-refractivity contribution in [2.24, 2.45) is 0 Å². The Morgan fingerprint density at radius 2 is 1.76 bits per heavy atom. The van der Waals surface area contributed by atoms with E-state index < -0.39 is 0 Å². The molecule has 21 heavy (non-hydrogen) atoms. The maximum absolute atomic E-state index is 9.29. The molecule has 0 unspecified atom stereocenters. The fourth-order valence-corrected chi connectivity index (χ4v) is 2.66. The number of aliphatic hydroxyl groups excluding tert-OH is 1. The van der Waals surface area contributed by atoms with Gasteiger partial charge in [0.1, 0.15) is 5.82 Å². The summed E-state index contributed by atoms with van der Waals surface area (Å²) in [5, 5.41) is 9.29. The van der Waals surface area contributed by atoms with Crippen molar-refractivity contribution in [3.8, 4) is 0 Å². The fourth-order valence-electron chi connectivity index (χ4n) is 2.66. The Labute approximate surface area is 124 Å². The monoisotopic (exact) mass is 280 g/mol. The van der Waals surface area contributed by atoms with Gasteiger partial charge in [-0.2, -0.15) is 0 Å². The Morgan fingerprint density at radius 3 is 2.48 bits per heavy atom. The van der Waals surface area contributed by atoms with E-state index >= 15 is 0 Å². The van der Waals surface area contributed by atoms with Crippen LogP contribution in [0.5, 0.6) is 0 Å². The average Bonchev–Trinajstić information content (AvgIpc) is 2.79. The van der Waals surface area contributed by atoms with Gasteiger partial charge in [-0.15, -0.1) is 0 Å². The van der Waals surface area contributed by atoms with Gasteiger partial charge in [-0.3, -0.25) is 0 Å². The number of fused-ring (bicyclic) bond motifs is 1. The molecule has 0 radical (unpaired) electrons. The molecule has 0 fully saturated rings. The number of benzene rings is 2. The number of imidazole rings is 1. The number of hydrogen-bond donors (Lipinski definition) is 1. The molecule has 1 heterocycles. The number of aliphatic hydroxyl groups is 1. The van der Waals surface area contributed by atoms with E-state index in [-0.39, 0.29) is 6.61 Å². The van der Waals surface area contributed by atoms with Gasteiger partial charge >= 0.3 is 0 Å². The van der Waals surface area contributed by atoms with Gasteiger partial charge in [-0.05, 0) is 42.7 Å². The summed E-state index contributed by atoms with van der Waals surface area (Å²) < 4.78 is 2.22. The molecule has 0 bridgehead atoms. The topological polar surface area (TPSA) is 38.1 Å². The quantitative estimate of drug-likeness (QED) is 0.796. The lowest BCUT2D eigenvalue weighted by Gasteiger charge is -2.09. The van der Waals surface area contributed by atoms with Crippen molar-refractivity contribution >= 4 is 11.0 Å². The van der Waals surface area contributed by atoms with Gasteiger partial charge in [0, 0.05) is 13.0 Å². The number of aromatic nitrogens is 2. The van der Waals surface area contributed by atoms with Gasteiger partial charge in [0.25, 0.3) is 0 Å². The van der Waals surface area contributed by atoms with Crippen LogP contribution in [0, 0.1) is 13.8 Å². The summed E-state index contributed by atoms with van der Waals surface area (Å²) in [5.41, 5.74) is 5.92. The molecule has 1 N–H and O–H groups in total. The van der Waals surface area contributed by atoms with Crippen molar-refractivity contribution < 1.29 is 5.11 Å². The van der Waals surface area contributed by atoms with Crippen LogP contribution in [0.25, 0.3) is 11.0 Å². The molecule has 3 aromatic rings. The molecule has 0 atom stereocenters. The largest absolute Gasteiger partial charge is 0.396 e. The zero-order chi connectivity index (χ0) is 14.8. The number of hydrogen-bond acceptors (Lipinski definition) is 2. The first-order chi connectivity index (χ1) is 10.2. The zero-order valence-electron chi connectivity index (χ0n) is 12.5. The van der Waals surface area contributed by atoms with Crippen LogP contribution in [-0.4, -0.2) is 21.3 Å². The molecule has 0 saturated carbocycles. The van der Waals surface area contributed by atoms with E-state index in [0.29, 0.717) is 6.42 Å². The lowest BCUT2D eigenvalue weighted by atomic mass is 10.1. The highest BCUT2D eigenvalue weighted by Crippen LogP contribution is 2.22. The number of aryl methyl sites for hydroxylation is 2. The Bertz CT molecular complexity index is 760. The predicted molar refractivity (Wildman–Crippen MR) is 85.5 cm³/mol. The van der Waals surface area contributed by atoms with Crippen LogP contribution in [0.2, 0.25) is 0 Å². The summed E-state index contributed by atoms with van der Waals surface area (Å²) in [6, 6.07) is 14.7. The second-order valence-corrected chi connectivity index (χ2v) is 5.50. The SMILES string of the molecule is Cc1cc2nc(CCO)n(Cc3ccccc3)c2cc1C. The Kier molecular flexibility index (Phi) is 3.76. The summed E-state index contributed by atoms with van der Waals surface area (Å²) >= 11 is 0. The minimum Gasteiger partial charge on any atom is -0.396 e. The fraction of sp³-hybridized carbons (Fsp3) is 0.278. The van der Waals surface area contributed by atoms with E-state index in [4.69, 9.17) is 4.98 Å². The molecule has 1 aromatic heterocycles. The number of rotatable bonds is 4. The third-order valence-electron chi connectivity index (χ3n) is 3.96. The molecular weight excluding hydrogens is 260 g/mol. The third kappa shape index (κ3) is 2.69. The normalized spacial score (nSPS) is 11.2. The highest BCUT2D eigenvalue weighted by atomic mass is 16.3. The van der Waals surface area contributed by atoms with E-state index in [9.17, 15) is 5.11 Å². The smallest absolute Gasteiger partial charge is 0.112 e. The number of nitrogens with zero attached hydrogens (tertiary/aromatic N) is 2. The average molecular weight is 280 g/mol. The van der Waals surface area contributed by atoms with Crippen molar-refractivity contribution in [1.29, 1.82) is 0 Å². The molecule has 0 aliphatic carbocycles. The molecule has 3 nitrogen and oxygen atoms in total. The first-order valence-corrected chi connectivity index (χ1v) is 7.30. The highest BCUT2D eigenvalue weighted by Gasteiger charge is 2.12. The van der Waals surface area contributed by atoms with E-state index in [1.54, 1.807) is 0 Å². The van der Waals surface area contributed by atoms with Crippen LogP contribution in [0.4, 0.5) is 0 Å². The van der Waals surface area contributed by atoms with Crippen LogP contribution in [0.3, 0.4) is 0 Å². The summed E-state index contributed by atoms with van der Waals surface area (Å²) in [5.74, 6) is 0.946.